The van der Waals surface area contributed by atoms with E-state index in [1.54, 1.807) is 7.11 Å². The van der Waals surface area contributed by atoms with Gasteiger partial charge in [0.05, 0.1) is 6.61 Å². The lowest BCUT2D eigenvalue weighted by atomic mass is 10.2. The number of nitrogens with two attached hydrogens (primary N) is 1. The number of anilines is 2. The van der Waals surface area contributed by atoms with Crippen molar-refractivity contribution >= 4 is 11.4 Å². The molecule has 0 amide bonds. The molecule has 0 saturated heterocycles. The van der Waals surface area contributed by atoms with E-state index < -0.39 is 0 Å². The van der Waals surface area contributed by atoms with Gasteiger partial charge in [0.25, 0.3) is 0 Å². The predicted octanol–water partition coefficient (Wildman–Crippen LogP) is 3.29. The van der Waals surface area contributed by atoms with Gasteiger partial charge in [-0.15, -0.1) is 0 Å². The van der Waals surface area contributed by atoms with Gasteiger partial charge in [-0.3, -0.25) is 0 Å². The number of rotatable bonds is 10. The molecular formula is C15H26N2O2. The highest BCUT2D eigenvalue weighted by atomic mass is 16.5. The molecular weight excluding hydrogens is 240 g/mol. The molecule has 0 aliphatic rings. The predicted molar refractivity (Wildman–Crippen MR) is 80.9 cm³/mol. The minimum absolute atomic E-state index is 0.722. The molecule has 0 heterocycles. The molecule has 4 nitrogen and oxygen atoms in total. The summed E-state index contributed by atoms with van der Waals surface area (Å²) >= 11 is 0. The summed E-state index contributed by atoms with van der Waals surface area (Å²) in [7, 11) is 1.74. The lowest BCUT2D eigenvalue weighted by molar-refractivity contribution is 0.192. The van der Waals surface area contributed by atoms with Crippen LogP contribution in [0.15, 0.2) is 18.2 Å². The summed E-state index contributed by atoms with van der Waals surface area (Å²) in [6.07, 6.45) is 4.41. The third kappa shape index (κ3) is 6.91. The second-order valence-electron chi connectivity index (χ2n) is 4.62. The summed E-state index contributed by atoms with van der Waals surface area (Å²) in [4.78, 5) is 0. The summed E-state index contributed by atoms with van der Waals surface area (Å²) in [5.41, 5.74) is 7.62. The van der Waals surface area contributed by atoms with Crippen LogP contribution in [-0.2, 0) is 4.74 Å². The van der Waals surface area contributed by atoms with Crippen LogP contribution >= 0.6 is 0 Å². The first-order valence-electron chi connectivity index (χ1n) is 7.02. The van der Waals surface area contributed by atoms with Crippen LogP contribution in [0.1, 0.15) is 32.6 Å². The van der Waals surface area contributed by atoms with Crippen molar-refractivity contribution in [3.05, 3.63) is 18.2 Å². The Morgan fingerprint density at radius 3 is 2.68 bits per heavy atom. The molecule has 0 saturated carbocycles. The Hall–Kier alpha value is -1.42. The fourth-order valence-corrected chi connectivity index (χ4v) is 1.81. The molecule has 0 radical (unpaired) electrons. The first kappa shape index (κ1) is 15.6. The smallest absolute Gasteiger partial charge is 0.123 e. The van der Waals surface area contributed by atoms with E-state index in [2.05, 4.69) is 12.2 Å². The van der Waals surface area contributed by atoms with Crippen LogP contribution in [0.3, 0.4) is 0 Å². The van der Waals surface area contributed by atoms with Gasteiger partial charge in [-0.05, 0) is 31.7 Å². The maximum atomic E-state index is 5.86. The van der Waals surface area contributed by atoms with Crippen LogP contribution < -0.4 is 15.8 Å². The molecule has 0 bridgehead atoms. The van der Waals surface area contributed by atoms with Crippen LogP contribution in [0.5, 0.6) is 5.75 Å². The van der Waals surface area contributed by atoms with Crippen molar-refractivity contribution in [3.63, 3.8) is 0 Å². The van der Waals surface area contributed by atoms with Gasteiger partial charge in [0, 0.05) is 43.8 Å². The van der Waals surface area contributed by atoms with Crippen LogP contribution in [0, 0.1) is 0 Å². The second-order valence-corrected chi connectivity index (χ2v) is 4.62. The molecule has 1 aromatic rings. The number of benzene rings is 1. The van der Waals surface area contributed by atoms with Gasteiger partial charge in [-0.25, -0.2) is 0 Å². The fraction of sp³-hybridized carbons (Fsp3) is 0.600. The van der Waals surface area contributed by atoms with Gasteiger partial charge >= 0.3 is 0 Å². The Balaban J connectivity index is 2.34. The lowest BCUT2D eigenvalue weighted by Crippen LogP contribution is -2.04. The maximum Gasteiger partial charge on any atom is 0.123 e. The number of nitrogen functional groups attached to an aromatic ring is 1. The number of ether oxygens (including phenoxy) is 2. The number of hydrogen-bond acceptors (Lipinski definition) is 4. The Morgan fingerprint density at radius 1 is 1.11 bits per heavy atom. The minimum atomic E-state index is 0.722. The zero-order valence-corrected chi connectivity index (χ0v) is 12.1. The van der Waals surface area contributed by atoms with Crippen LogP contribution in [-0.4, -0.2) is 26.9 Å². The van der Waals surface area contributed by atoms with Crippen molar-refractivity contribution in [1.82, 2.24) is 0 Å². The molecule has 108 valence electrons. The van der Waals surface area contributed by atoms with E-state index in [4.69, 9.17) is 15.2 Å². The van der Waals surface area contributed by atoms with E-state index in [9.17, 15) is 0 Å². The number of nitrogens with one attached hydrogen (secondary N) is 1. The molecule has 1 aromatic carbocycles. The van der Waals surface area contributed by atoms with E-state index in [0.717, 1.165) is 56.1 Å². The average Bonchev–Trinajstić information content (AvgIpc) is 2.40. The monoisotopic (exact) mass is 266 g/mol. The second kappa shape index (κ2) is 9.50. The van der Waals surface area contributed by atoms with Gasteiger partial charge in [0.15, 0.2) is 0 Å². The summed E-state index contributed by atoms with van der Waals surface area (Å²) < 4.78 is 10.6. The SMILES string of the molecule is CCCOc1cc(N)cc(NCCCCCOC)c1. The Kier molecular flexibility index (Phi) is 7.82. The first-order valence-corrected chi connectivity index (χ1v) is 7.02. The quantitative estimate of drug-likeness (QED) is 0.504. The number of methoxy groups -OCH3 is 1. The van der Waals surface area contributed by atoms with Crippen molar-refractivity contribution in [2.24, 2.45) is 0 Å². The molecule has 0 fully saturated rings. The average molecular weight is 266 g/mol. The topological polar surface area (TPSA) is 56.5 Å². The van der Waals surface area contributed by atoms with Crippen LogP contribution in [0.25, 0.3) is 0 Å². The highest BCUT2D eigenvalue weighted by Crippen LogP contribution is 2.22. The third-order valence-corrected chi connectivity index (χ3v) is 2.76. The zero-order chi connectivity index (χ0) is 13.9. The molecule has 19 heavy (non-hydrogen) atoms. The lowest BCUT2D eigenvalue weighted by Gasteiger charge is -2.11. The summed E-state index contributed by atoms with van der Waals surface area (Å²) in [6, 6.07) is 5.80. The van der Waals surface area contributed by atoms with E-state index >= 15 is 0 Å². The molecule has 0 spiro atoms. The highest BCUT2D eigenvalue weighted by molar-refractivity contribution is 5.59. The molecule has 0 unspecified atom stereocenters. The minimum Gasteiger partial charge on any atom is -0.493 e. The van der Waals surface area contributed by atoms with Gasteiger partial charge < -0.3 is 20.5 Å². The standard InChI is InChI=1S/C15H26N2O2/c1-3-8-19-15-11-13(16)10-14(12-15)17-7-5-4-6-9-18-2/h10-12,17H,3-9,16H2,1-2H3. The zero-order valence-electron chi connectivity index (χ0n) is 12.1. The van der Waals surface area contributed by atoms with Crippen molar-refractivity contribution in [2.45, 2.75) is 32.6 Å². The summed E-state index contributed by atoms with van der Waals surface area (Å²) in [5.74, 6) is 0.837. The molecule has 0 atom stereocenters. The highest BCUT2D eigenvalue weighted by Gasteiger charge is 2.00. The maximum absolute atomic E-state index is 5.86. The Bertz CT molecular complexity index is 356. The summed E-state index contributed by atoms with van der Waals surface area (Å²) in [5, 5.41) is 3.38. The van der Waals surface area contributed by atoms with Crippen LogP contribution in [0.4, 0.5) is 11.4 Å². The Labute approximate surface area is 116 Å². The third-order valence-electron chi connectivity index (χ3n) is 2.76. The van der Waals surface area contributed by atoms with E-state index in [1.165, 1.54) is 6.42 Å². The van der Waals surface area contributed by atoms with E-state index in [-0.39, 0.29) is 0 Å². The van der Waals surface area contributed by atoms with Crippen molar-refractivity contribution in [1.29, 1.82) is 0 Å². The number of hydrogen-bond donors (Lipinski definition) is 2. The van der Waals surface area contributed by atoms with Gasteiger partial charge in [-0.2, -0.15) is 0 Å². The molecule has 3 N–H and O–H groups in total. The van der Waals surface area contributed by atoms with Gasteiger partial charge in [0.1, 0.15) is 5.75 Å². The molecule has 0 aliphatic heterocycles. The first-order chi connectivity index (χ1) is 9.26. The largest absolute Gasteiger partial charge is 0.493 e. The molecule has 0 aromatic heterocycles. The van der Waals surface area contributed by atoms with Gasteiger partial charge in [0.2, 0.25) is 0 Å². The Morgan fingerprint density at radius 2 is 1.95 bits per heavy atom. The molecule has 1 rings (SSSR count). The fourth-order valence-electron chi connectivity index (χ4n) is 1.81. The van der Waals surface area contributed by atoms with Gasteiger partial charge in [-0.1, -0.05) is 6.92 Å². The van der Waals surface area contributed by atoms with E-state index in [0.29, 0.717) is 0 Å². The van der Waals surface area contributed by atoms with Crippen molar-refractivity contribution in [2.75, 3.05) is 37.9 Å². The van der Waals surface area contributed by atoms with Crippen molar-refractivity contribution in [3.8, 4) is 5.75 Å². The summed E-state index contributed by atoms with van der Waals surface area (Å²) in [6.45, 7) is 4.60. The van der Waals surface area contributed by atoms with Crippen molar-refractivity contribution < 1.29 is 9.47 Å². The molecule has 0 aliphatic carbocycles. The normalized spacial score (nSPS) is 10.4. The molecule has 4 heteroatoms. The van der Waals surface area contributed by atoms with E-state index in [1.807, 2.05) is 18.2 Å². The number of unbranched alkanes of at least 4 members (excludes halogenated alkanes) is 2. The van der Waals surface area contributed by atoms with Crippen LogP contribution in [0.2, 0.25) is 0 Å².